The SMILES string of the molecule is OCc1ccnc(N2CC2)c1. The highest BCUT2D eigenvalue weighted by molar-refractivity contribution is 5.46. The minimum atomic E-state index is 0.101. The number of anilines is 1. The van der Waals surface area contributed by atoms with Crippen LogP contribution in [0.25, 0.3) is 0 Å². The molecular weight excluding hydrogens is 140 g/mol. The van der Waals surface area contributed by atoms with Crippen LogP contribution in [0.1, 0.15) is 5.56 Å². The molecule has 0 saturated carbocycles. The van der Waals surface area contributed by atoms with Gasteiger partial charge >= 0.3 is 0 Å². The van der Waals surface area contributed by atoms with Gasteiger partial charge in [0.25, 0.3) is 0 Å². The Labute approximate surface area is 65.3 Å². The van der Waals surface area contributed by atoms with Gasteiger partial charge in [0, 0.05) is 19.3 Å². The Hall–Kier alpha value is -1.09. The third-order valence-electron chi connectivity index (χ3n) is 1.76. The van der Waals surface area contributed by atoms with E-state index in [1.54, 1.807) is 6.20 Å². The van der Waals surface area contributed by atoms with Crippen LogP contribution in [-0.4, -0.2) is 23.2 Å². The molecule has 0 radical (unpaired) electrons. The van der Waals surface area contributed by atoms with Crippen LogP contribution in [-0.2, 0) is 6.61 Å². The van der Waals surface area contributed by atoms with Crippen LogP contribution in [0.5, 0.6) is 0 Å². The third kappa shape index (κ3) is 1.33. The lowest BCUT2D eigenvalue weighted by Gasteiger charge is -2.01. The van der Waals surface area contributed by atoms with E-state index >= 15 is 0 Å². The van der Waals surface area contributed by atoms with Crippen molar-refractivity contribution in [3.05, 3.63) is 23.9 Å². The van der Waals surface area contributed by atoms with Gasteiger partial charge in [-0.15, -0.1) is 0 Å². The van der Waals surface area contributed by atoms with Gasteiger partial charge in [0.1, 0.15) is 5.82 Å². The van der Waals surface area contributed by atoms with Gasteiger partial charge in [-0.25, -0.2) is 4.98 Å². The molecular formula is C8H10N2O. The van der Waals surface area contributed by atoms with Crippen molar-refractivity contribution in [2.24, 2.45) is 0 Å². The van der Waals surface area contributed by atoms with Crippen LogP contribution < -0.4 is 4.90 Å². The molecule has 1 saturated heterocycles. The van der Waals surface area contributed by atoms with E-state index in [-0.39, 0.29) is 6.61 Å². The van der Waals surface area contributed by atoms with Crippen molar-refractivity contribution in [1.82, 2.24) is 4.98 Å². The summed E-state index contributed by atoms with van der Waals surface area (Å²) >= 11 is 0. The molecule has 0 aromatic carbocycles. The van der Waals surface area contributed by atoms with Gasteiger partial charge < -0.3 is 10.0 Å². The van der Waals surface area contributed by atoms with Crippen molar-refractivity contribution in [3.8, 4) is 0 Å². The van der Waals surface area contributed by atoms with Gasteiger partial charge in [-0.05, 0) is 17.7 Å². The number of aliphatic hydroxyl groups is 1. The first kappa shape index (κ1) is 6.61. The number of pyridine rings is 1. The van der Waals surface area contributed by atoms with E-state index in [1.165, 1.54) is 0 Å². The summed E-state index contributed by atoms with van der Waals surface area (Å²) < 4.78 is 0. The lowest BCUT2D eigenvalue weighted by Crippen LogP contribution is -1.95. The molecule has 11 heavy (non-hydrogen) atoms. The highest BCUT2D eigenvalue weighted by atomic mass is 16.3. The van der Waals surface area contributed by atoms with E-state index in [4.69, 9.17) is 5.11 Å². The molecule has 3 nitrogen and oxygen atoms in total. The van der Waals surface area contributed by atoms with Gasteiger partial charge in [0.05, 0.1) is 6.61 Å². The quantitative estimate of drug-likeness (QED) is 0.620. The minimum Gasteiger partial charge on any atom is -0.392 e. The molecule has 0 aliphatic carbocycles. The predicted molar refractivity (Wildman–Crippen MR) is 42.4 cm³/mol. The molecule has 1 aromatic rings. The topological polar surface area (TPSA) is 36.1 Å². The maximum atomic E-state index is 8.82. The molecule has 0 amide bonds. The van der Waals surface area contributed by atoms with Gasteiger partial charge in [-0.1, -0.05) is 0 Å². The van der Waals surface area contributed by atoms with Gasteiger partial charge in [0.2, 0.25) is 0 Å². The van der Waals surface area contributed by atoms with Crippen LogP contribution in [0.15, 0.2) is 18.3 Å². The third-order valence-corrected chi connectivity index (χ3v) is 1.76. The summed E-state index contributed by atoms with van der Waals surface area (Å²) in [4.78, 5) is 6.32. The Kier molecular flexibility index (Phi) is 1.51. The average molecular weight is 150 g/mol. The maximum absolute atomic E-state index is 8.82. The summed E-state index contributed by atoms with van der Waals surface area (Å²) in [6.45, 7) is 2.30. The number of hydrogen-bond donors (Lipinski definition) is 1. The monoisotopic (exact) mass is 150 g/mol. The molecule has 0 atom stereocenters. The first-order valence-electron chi connectivity index (χ1n) is 3.71. The van der Waals surface area contributed by atoms with E-state index < -0.39 is 0 Å². The van der Waals surface area contributed by atoms with E-state index in [9.17, 15) is 0 Å². The van der Waals surface area contributed by atoms with E-state index in [0.29, 0.717) is 0 Å². The largest absolute Gasteiger partial charge is 0.392 e. The second kappa shape index (κ2) is 2.51. The van der Waals surface area contributed by atoms with Gasteiger partial charge in [0.15, 0.2) is 0 Å². The Bertz CT molecular complexity index is 258. The first-order valence-corrected chi connectivity index (χ1v) is 3.71. The maximum Gasteiger partial charge on any atom is 0.128 e. The number of rotatable bonds is 2. The second-order valence-corrected chi connectivity index (χ2v) is 2.67. The molecule has 0 spiro atoms. The van der Waals surface area contributed by atoms with Gasteiger partial charge in [-0.3, -0.25) is 0 Å². The number of nitrogens with zero attached hydrogens (tertiary/aromatic N) is 2. The lowest BCUT2D eigenvalue weighted by molar-refractivity contribution is 0.282. The lowest BCUT2D eigenvalue weighted by atomic mass is 10.3. The van der Waals surface area contributed by atoms with Crippen molar-refractivity contribution in [2.75, 3.05) is 18.0 Å². The fourth-order valence-corrected chi connectivity index (χ4v) is 1.01. The Morgan fingerprint density at radius 3 is 3.00 bits per heavy atom. The van der Waals surface area contributed by atoms with Crippen LogP contribution in [0.2, 0.25) is 0 Å². The van der Waals surface area contributed by atoms with E-state index in [1.807, 2.05) is 12.1 Å². The molecule has 3 heteroatoms. The standard InChI is InChI=1S/C8H10N2O/c11-6-7-1-2-9-8(5-7)10-3-4-10/h1-2,5,11H,3-4,6H2. The minimum absolute atomic E-state index is 0.101. The molecule has 1 aliphatic rings. The predicted octanol–water partition coefficient (Wildman–Crippen LogP) is 0.394. The van der Waals surface area contributed by atoms with Crippen molar-refractivity contribution >= 4 is 5.82 Å². The van der Waals surface area contributed by atoms with E-state index in [0.717, 1.165) is 24.5 Å². The first-order chi connectivity index (χ1) is 5.40. The number of aliphatic hydroxyl groups excluding tert-OH is 1. The van der Waals surface area contributed by atoms with Crippen molar-refractivity contribution < 1.29 is 5.11 Å². The molecule has 1 aromatic heterocycles. The van der Waals surface area contributed by atoms with Crippen LogP contribution in [0, 0.1) is 0 Å². The fourth-order valence-electron chi connectivity index (χ4n) is 1.01. The Morgan fingerprint density at radius 2 is 2.36 bits per heavy atom. The molecule has 58 valence electrons. The summed E-state index contributed by atoms with van der Waals surface area (Å²) in [6, 6.07) is 3.75. The molecule has 1 N–H and O–H groups in total. The highest BCUT2D eigenvalue weighted by Crippen LogP contribution is 2.18. The zero-order chi connectivity index (χ0) is 7.68. The summed E-state index contributed by atoms with van der Waals surface area (Å²) in [5, 5.41) is 8.82. The van der Waals surface area contributed by atoms with Crippen LogP contribution >= 0.6 is 0 Å². The number of hydrogen-bond acceptors (Lipinski definition) is 3. The smallest absolute Gasteiger partial charge is 0.128 e. The van der Waals surface area contributed by atoms with E-state index in [2.05, 4.69) is 9.88 Å². The molecule has 0 unspecified atom stereocenters. The van der Waals surface area contributed by atoms with Crippen molar-refractivity contribution in [3.63, 3.8) is 0 Å². The highest BCUT2D eigenvalue weighted by Gasteiger charge is 2.18. The summed E-state index contributed by atoms with van der Waals surface area (Å²) in [7, 11) is 0. The normalized spacial score (nSPS) is 15.2. The van der Waals surface area contributed by atoms with Crippen molar-refractivity contribution in [2.45, 2.75) is 6.61 Å². The summed E-state index contributed by atoms with van der Waals surface area (Å²) in [5.74, 6) is 0.983. The van der Waals surface area contributed by atoms with Crippen LogP contribution in [0.4, 0.5) is 5.82 Å². The van der Waals surface area contributed by atoms with Crippen molar-refractivity contribution in [1.29, 1.82) is 0 Å². The molecule has 0 bridgehead atoms. The molecule has 1 fully saturated rings. The Morgan fingerprint density at radius 1 is 1.55 bits per heavy atom. The van der Waals surface area contributed by atoms with Crippen LogP contribution in [0.3, 0.4) is 0 Å². The summed E-state index contributed by atoms with van der Waals surface area (Å²) in [6.07, 6.45) is 1.74. The van der Waals surface area contributed by atoms with Gasteiger partial charge in [-0.2, -0.15) is 0 Å². The molecule has 2 rings (SSSR count). The molecule has 1 aliphatic heterocycles. The fraction of sp³-hybridized carbons (Fsp3) is 0.375. The zero-order valence-electron chi connectivity index (χ0n) is 6.20. The Balaban J connectivity index is 2.26. The summed E-state index contributed by atoms with van der Waals surface area (Å²) in [5.41, 5.74) is 0.932. The molecule has 2 heterocycles. The average Bonchev–Trinajstić information content (AvgIpc) is 2.87. The number of aromatic nitrogens is 1. The zero-order valence-corrected chi connectivity index (χ0v) is 6.20. The second-order valence-electron chi connectivity index (χ2n) is 2.67.